The normalized spacial score (nSPS) is 23.6. The number of unbranched alkanes of at least 4 members (excludes halogenated alkanes) is 3. The summed E-state index contributed by atoms with van der Waals surface area (Å²) in [6, 6.07) is 0. The van der Waals surface area contributed by atoms with E-state index in [2.05, 4.69) is 39.1 Å². The topological polar surface area (TPSA) is 116 Å². The molecule has 0 aromatic carbocycles. The van der Waals surface area contributed by atoms with Gasteiger partial charge < -0.3 is 20.3 Å². The number of esters is 1. The zero-order valence-corrected chi connectivity index (χ0v) is 28.0. The van der Waals surface area contributed by atoms with Crippen molar-refractivity contribution in [2.45, 2.75) is 92.9 Å². The van der Waals surface area contributed by atoms with E-state index < -0.39 is 0 Å². The first-order chi connectivity index (χ1) is 22.2. The number of allylic oxidation sites excluding steroid dienone is 11. The lowest BCUT2D eigenvalue weighted by molar-refractivity contribution is -0.144. The van der Waals surface area contributed by atoms with Gasteiger partial charge in [-0.3, -0.25) is 4.79 Å². The minimum Gasteiger partial charge on any atom is -0.511 e. The fourth-order valence-electron chi connectivity index (χ4n) is 7.42. The first-order valence-corrected chi connectivity index (χ1v) is 16.9. The van der Waals surface area contributed by atoms with Gasteiger partial charge in [-0.25, -0.2) is 15.0 Å². The van der Waals surface area contributed by atoms with Crippen molar-refractivity contribution in [2.75, 3.05) is 13.2 Å². The summed E-state index contributed by atoms with van der Waals surface area (Å²) >= 11 is 0. The molecule has 6 aliphatic rings. The first kappa shape index (κ1) is 31.9. The lowest BCUT2D eigenvalue weighted by Gasteiger charge is -2.17. The fourth-order valence-corrected chi connectivity index (χ4v) is 7.42. The van der Waals surface area contributed by atoms with Crippen molar-refractivity contribution in [2.24, 2.45) is 26.8 Å². The van der Waals surface area contributed by atoms with Crippen LogP contribution in [0.3, 0.4) is 0 Å². The molecule has 2 atom stereocenters. The Morgan fingerprint density at radius 3 is 2.39 bits per heavy atom. The molecule has 1 fully saturated rings. The van der Waals surface area contributed by atoms with Gasteiger partial charge in [0.15, 0.2) is 0 Å². The summed E-state index contributed by atoms with van der Waals surface area (Å²) < 4.78 is 5.59. The molecule has 8 heteroatoms. The maximum absolute atomic E-state index is 12.8. The van der Waals surface area contributed by atoms with E-state index >= 15 is 0 Å². The van der Waals surface area contributed by atoms with Crippen LogP contribution in [0.1, 0.15) is 92.9 Å². The largest absolute Gasteiger partial charge is 0.511 e. The van der Waals surface area contributed by atoms with E-state index in [9.17, 15) is 15.0 Å². The summed E-state index contributed by atoms with van der Waals surface area (Å²) in [7, 11) is 0. The summed E-state index contributed by atoms with van der Waals surface area (Å²) in [6.45, 7) is 12.9. The summed E-state index contributed by atoms with van der Waals surface area (Å²) in [5.74, 6) is 0.203. The number of carbonyl (C=O) groups is 1. The first-order valence-electron chi connectivity index (χ1n) is 16.9. The Morgan fingerprint density at radius 2 is 1.67 bits per heavy atom. The monoisotopic (exact) mass is 622 g/mol. The molecule has 0 radical (unpaired) electrons. The van der Waals surface area contributed by atoms with Crippen molar-refractivity contribution < 1.29 is 19.7 Å². The van der Waals surface area contributed by atoms with Crippen LogP contribution in [0, 0.1) is 11.8 Å². The quantitative estimate of drug-likeness (QED) is 0.172. The molecule has 46 heavy (non-hydrogen) atoms. The predicted octanol–water partition coefficient (Wildman–Crippen LogP) is 7.55. The number of aliphatic imine (C=N–C) groups is 3. The van der Waals surface area contributed by atoms with Crippen molar-refractivity contribution in [3.8, 4) is 0 Å². The van der Waals surface area contributed by atoms with E-state index in [1.54, 1.807) is 0 Å². The van der Waals surface area contributed by atoms with Crippen LogP contribution < -0.4 is 5.32 Å². The second-order valence-corrected chi connectivity index (χ2v) is 13.1. The van der Waals surface area contributed by atoms with Crippen LogP contribution in [-0.2, 0) is 9.53 Å². The predicted molar refractivity (Wildman–Crippen MR) is 183 cm³/mol. The van der Waals surface area contributed by atoms with Crippen LogP contribution >= 0.6 is 0 Å². The van der Waals surface area contributed by atoms with Crippen LogP contribution in [0.4, 0.5) is 0 Å². The van der Waals surface area contributed by atoms with Crippen molar-refractivity contribution in [1.82, 2.24) is 5.32 Å². The van der Waals surface area contributed by atoms with E-state index in [1.165, 1.54) is 0 Å². The van der Waals surface area contributed by atoms with Gasteiger partial charge in [0, 0.05) is 52.8 Å². The zero-order chi connectivity index (χ0) is 32.7. The number of aliphatic hydroxyl groups excluding tert-OH is 2. The van der Waals surface area contributed by atoms with Gasteiger partial charge in [0.1, 0.15) is 5.76 Å². The fraction of sp³-hybridized carbons (Fsp3) is 0.474. The van der Waals surface area contributed by atoms with Gasteiger partial charge in [-0.1, -0.05) is 40.0 Å². The Kier molecular flexibility index (Phi) is 9.01. The molecule has 5 heterocycles. The highest BCUT2D eigenvalue weighted by Crippen LogP contribution is 2.46. The van der Waals surface area contributed by atoms with Gasteiger partial charge in [-0.2, -0.15) is 0 Å². The zero-order valence-electron chi connectivity index (χ0n) is 28.0. The molecule has 242 valence electrons. The van der Waals surface area contributed by atoms with Gasteiger partial charge in [0.2, 0.25) is 0 Å². The number of carbonyl (C=O) groups excluding carboxylic acids is 1. The number of hydrogen-bond acceptors (Lipinski definition) is 8. The number of hydrogen-bond donors (Lipinski definition) is 3. The van der Waals surface area contributed by atoms with Crippen molar-refractivity contribution >= 4 is 23.1 Å². The van der Waals surface area contributed by atoms with Gasteiger partial charge in [0.05, 0.1) is 47.4 Å². The third kappa shape index (κ3) is 5.61. The van der Waals surface area contributed by atoms with E-state index in [4.69, 9.17) is 19.7 Å². The highest BCUT2D eigenvalue weighted by molar-refractivity contribution is 6.21. The lowest BCUT2D eigenvalue weighted by Crippen LogP contribution is -2.16. The highest BCUT2D eigenvalue weighted by Gasteiger charge is 2.41. The molecule has 5 aliphatic heterocycles. The van der Waals surface area contributed by atoms with E-state index in [0.29, 0.717) is 31.6 Å². The van der Waals surface area contributed by atoms with Crippen molar-refractivity contribution in [3.63, 3.8) is 0 Å². The molecule has 3 N–H and O–H groups in total. The number of aliphatic hydroxyl groups is 2. The Balaban J connectivity index is 1.44. The Labute approximate surface area is 272 Å². The molecule has 1 aliphatic carbocycles. The number of nitrogens with zero attached hydrogens (tertiary/aromatic N) is 3. The Morgan fingerprint density at radius 1 is 0.957 bits per heavy atom. The van der Waals surface area contributed by atoms with Gasteiger partial charge >= 0.3 is 5.97 Å². The molecule has 2 unspecified atom stereocenters. The smallest absolute Gasteiger partial charge is 0.305 e. The average Bonchev–Trinajstić information content (AvgIpc) is 3.78. The summed E-state index contributed by atoms with van der Waals surface area (Å²) in [4.78, 5) is 28.0. The van der Waals surface area contributed by atoms with Crippen LogP contribution in [0.5, 0.6) is 0 Å². The molecule has 8 nitrogen and oxygen atoms in total. The van der Waals surface area contributed by atoms with Crippen LogP contribution in [0.2, 0.25) is 0 Å². The Bertz CT molecular complexity index is 1730. The summed E-state index contributed by atoms with van der Waals surface area (Å²) in [6.07, 6.45) is 12.5. The molecule has 0 aromatic heterocycles. The number of fused-ring (bicyclic) bond motifs is 5. The molecular formula is C38H46N4O4. The number of rotatable bonds is 10. The number of ether oxygens (including phenoxy) is 1. The second kappa shape index (κ2) is 13.0. The van der Waals surface area contributed by atoms with Crippen molar-refractivity contribution in [3.05, 3.63) is 91.5 Å². The minimum absolute atomic E-state index is 0.000376. The standard InChI is InChI=1S/C38H46N4O4/c1-7-9-10-11-14-46-35(45)13-12-25-21(4)30-16-28-22(5)27(19-43)33(40-28)17-29-20(3)24(8-2)32(39-29)18-31-23(6)36-34(44)15-26(37(25)41-30)38(36)42-31/h16-18,21,25,41,43-44H,7-15,19H2,1-6H3. The van der Waals surface area contributed by atoms with E-state index in [0.717, 1.165) is 117 Å². The number of nitrogens with one attached hydrogen (secondary N) is 1. The molecule has 6 rings (SSSR count). The molecule has 0 spiro atoms. The van der Waals surface area contributed by atoms with Gasteiger partial charge in [-0.15, -0.1) is 0 Å². The molecular weight excluding hydrogens is 576 g/mol. The second-order valence-electron chi connectivity index (χ2n) is 13.1. The van der Waals surface area contributed by atoms with E-state index in [-0.39, 0.29) is 24.4 Å². The molecule has 8 bridgehead atoms. The summed E-state index contributed by atoms with van der Waals surface area (Å²) in [5.41, 5.74) is 13.5. The molecule has 0 amide bonds. The van der Waals surface area contributed by atoms with Crippen LogP contribution in [-0.4, -0.2) is 46.5 Å². The lowest BCUT2D eigenvalue weighted by atomic mass is 9.86. The molecule has 1 saturated heterocycles. The summed E-state index contributed by atoms with van der Waals surface area (Å²) in [5, 5.41) is 25.4. The van der Waals surface area contributed by atoms with Gasteiger partial charge in [-0.05, 0) is 80.6 Å². The molecule has 0 aromatic rings. The van der Waals surface area contributed by atoms with Gasteiger partial charge in [0.25, 0.3) is 0 Å². The highest BCUT2D eigenvalue weighted by atomic mass is 16.5. The van der Waals surface area contributed by atoms with E-state index in [1.807, 2.05) is 26.0 Å². The SMILES string of the molecule is CCCCCCOC(=O)CCC1C2=C3CC(O)=C4C3=NC(=C4C)C=C3N=C(C=C4N=C(C=C(N2)C1C)C(C)=C4CO)C(C)=C3CC. The van der Waals surface area contributed by atoms with Crippen LogP contribution in [0.15, 0.2) is 106 Å². The average molecular weight is 623 g/mol. The maximum atomic E-state index is 12.8. The van der Waals surface area contributed by atoms with Crippen LogP contribution in [0.25, 0.3) is 0 Å². The minimum atomic E-state index is -0.172. The maximum Gasteiger partial charge on any atom is 0.305 e. The van der Waals surface area contributed by atoms with Crippen molar-refractivity contribution in [1.29, 1.82) is 0 Å². The molecule has 0 saturated carbocycles. The third-order valence-electron chi connectivity index (χ3n) is 10.3. The third-order valence-corrected chi connectivity index (χ3v) is 10.3. The Hall–Kier alpha value is -4.04.